The van der Waals surface area contributed by atoms with Crippen LogP contribution in [0.25, 0.3) is 11.5 Å². The SMILES string of the molecule is COc1cccc(-c2nc(C(=O)N3CCCCC3C(=O)O)no2)c1. The standard InChI is InChI=1S/C16H17N3O5/c1-23-11-6-4-5-10(9-11)14-17-13(18-24-14)15(20)19-8-3-2-7-12(19)16(21)22/h4-6,9,12H,2-3,7-8H2,1H3,(H,21,22). The van der Waals surface area contributed by atoms with E-state index in [1.165, 1.54) is 4.90 Å². The molecular weight excluding hydrogens is 314 g/mol. The first kappa shape index (κ1) is 16.0. The highest BCUT2D eigenvalue weighted by atomic mass is 16.5. The largest absolute Gasteiger partial charge is 0.497 e. The summed E-state index contributed by atoms with van der Waals surface area (Å²) in [5.74, 6) is -0.873. The van der Waals surface area contributed by atoms with Gasteiger partial charge < -0.3 is 19.3 Å². The number of hydrogen-bond donors (Lipinski definition) is 1. The lowest BCUT2D eigenvalue weighted by Gasteiger charge is -2.31. The molecule has 1 N–H and O–H groups in total. The van der Waals surface area contributed by atoms with Crippen LogP contribution in [0, 0.1) is 0 Å². The number of rotatable bonds is 4. The van der Waals surface area contributed by atoms with Crippen LogP contribution in [0.3, 0.4) is 0 Å². The van der Waals surface area contributed by atoms with Crippen LogP contribution in [0.2, 0.25) is 0 Å². The Labute approximate surface area is 138 Å². The van der Waals surface area contributed by atoms with Crippen LogP contribution in [0.15, 0.2) is 28.8 Å². The van der Waals surface area contributed by atoms with Crippen molar-refractivity contribution < 1.29 is 24.0 Å². The summed E-state index contributed by atoms with van der Waals surface area (Å²) in [5.41, 5.74) is 0.620. The molecule has 1 amide bonds. The molecule has 24 heavy (non-hydrogen) atoms. The molecule has 1 aliphatic rings. The minimum Gasteiger partial charge on any atom is -0.497 e. The van der Waals surface area contributed by atoms with Crippen LogP contribution < -0.4 is 4.74 Å². The zero-order chi connectivity index (χ0) is 17.1. The van der Waals surface area contributed by atoms with Gasteiger partial charge in [-0.25, -0.2) is 4.79 Å². The van der Waals surface area contributed by atoms with Gasteiger partial charge in [-0.05, 0) is 37.5 Å². The number of ether oxygens (including phenoxy) is 1. The van der Waals surface area contributed by atoms with Gasteiger partial charge in [0.15, 0.2) is 0 Å². The van der Waals surface area contributed by atoms with E-state index in [0.29, 0.717) is 24.3 Å². The quantitative estimate of drug-likeness (QED) is 0.911. The Morgan fingerprint density at radius 3 is 2.96 bits per heavy atom. The Bertz CT molecular complexity index is 758. The molecule has 0 saturated carbocycles. The predicted molar refractivity (Wildman–Crippen MR) is 82.6 cm³/mol. The molecule has 0 bridgehead atoms. The number of piperidine rings is 1. The van der Waals surface area contributed by atoms with E-state index >= 15 is 0 Å². The van der Waals surface area contributed by atoms with Crippen molar-refractivity contribution in [3.05, 3.63) is 30.1 Å². The fraction of sp³-hybridized carbons (Fsp3) is 0.375. The molecule has 126 valence electrons. The fourth-order valence-corrected chi connectivity index (χ4v) is 2.74. The van der Waals surface area contributed by atoms with Crippen molar-refractivity contribution in [2.75, 3.05) is 13.7 Å². The second-order valence-electron chi connectivity index (χ2n) is 5.50. The van der Waals surface area contributed by atoms with Crippen LogP contribution in [0.1, 0.15) is 29.9 Å². The second-order valence-corrected chi connectivity index (χ2v) is 5.50. The number of amides is 1. The summed E-state index contributed by atoms with van der Waals surface area (Å²) in [6, 6.07) is 6.17. The van der Waals surface area contributed by atoms with E-state index in [0.717, 1.165) is 12.8 Å². The van der Waals surface area contributed by atoms with E-state index in [9.17, 15) is 14.7 Å². The summed E-state index contributed by atoms with van der Waals surface area (Å²) < 4.78 is 10.3. The number of carbonyl (C=O) groups excluding carboxylic acids is 1. The highest BCUT2D eigenvalue weighted by molar-refractivity contribution is 5.93. The third kappa shape index (κ3) is 3.08. The minimum atomic E-state index is -1.01. The minimum absolute atomic E-state index is 0.138. The van der Waals surface area contributed by atoms with Crippen LogP contribution in [-0.4, -0.2) is 51.7 Å². The Morgan fingerprint density at radius 1 is 1.38 bits per heavy atom. The molecule has 8 nitrogen and oxygen atoms in total. The van der Waals surface area contributed by atoms with Crippen molar-refractivity contribution in [1.29, 1.82) is 0 Å². The number of methoxy groups -OCH3 is 1. The van der Waals surface area contributed by atoms with Crippen LogP contribution in [-0.2, 0) is 4.79 Å². The Balaban J connectivity index is 1.84. The van der Waals surface area contributed by atoms with E-state index < -0.39 is 17.9 Å². The lowest BCUT2D eigenvalue weighted by molar-refractivity contribution is -0.143. The first-order valence-corrected chi connectivity index (χ1v) is 7.62. The third-order valence-corrected chi connectivity index (χ3v) is 3.98. The molecule has 0 radical (unpaired) electrons. The van der Waals surface area contributed by atoms with Crippen molar-refractivity contribution in [2.24, 2.45) is 0 Å². The first-order chi connectivity index (χ1) is 11.6. The number of benzene rings is 1. The van der Waals surface area contributed by atoms with Crippen molar-refractivity contribution >= 4 is 11.9 Å². The van der Waals surface area contributed by atoms with Gasteiger partial charge in [0.1, 0.15) is 11.8 Å². The highest BCUT2D eigenvalue weighted by Gasteiger charge is 2.34. The Morgan fingerprint density at radius 2 is 2.21 bits per heavy atom. The normalized spacial score (nSPS) is 17.5. The molecule has 1 unspecified atom stereocenters. The van der Waals surface area contributed by atoms with Gasteiger partial charge in [0.25, 0.3) is 17.6 Å². The first-order valence-electron chi connectivity index (χ1n) is 7.62. The maximum atomic E-state index is 12.5. The number of carboxylic acid groups (broad SMARTS) is 1. The van der Waals surface area contributed by atoms with Crippen molar-refractivity contribution in [1.82, 2.24) is 15.0 Å². The molecule has 1 fully saturated rings. The zero-order valence-corrected chi connectivity index (χ0v) is 13.1. The molecule has 2 aromatic rings. The number of aromatic nitrogens is 2. The molecule has 2 heterocycles. The van der Waals surface area contributed by atoms with E-state index in [1.54, 1.807) is 31.4 Å². The maximum Gasteiger partial charge on any atom is 0.326 e. The average molecular weight is 331 g/mol. The molecule has 0 spiro atoms. The Hall–Kier alpha value is -2.90. The van der Waals surface area contributed by atoms with E-state index in [-0.39, 0.29) is 11.7 Å². The number of likely N-dealkylation sites (tertiary alicyclic amines) is 1. The van der Waals surface area contributed by atoms with Crippen molar-refractivity contribution in [2.45, 2.75) is 25.3 Å². The van der Waals surface area contributed by atoms with Crippen LogP contribution in [0.5, 0.6) is 5.75 Å². The molecule has 1 aromatic heterocycles. The van der Waals surface area contributed by atoms with Crippen LogP contribution in [0.4, 0.5) is 0 Å². The summed E-state index contributed by atoms with van der Waals surface area (Å²) in [4.78, 5) is 29.3. The lowest BCUT2D eigenvalue weighted by Crippen LogP contribution is -2.48. The highest BCUT2D eigenvalue weighted by Crippen LogP contribution is 2.24. The van der Waals surface area contributed by atoms with Crippen molar-refractivity contribution in [3.63, 3.8) is 0 Å². The van der Waals surface area contributed by atoms with Gasteiger partial charge in [0.05, 0.1) is 7.11 Å². The van der Waals surface area contributed by atoms with E-state index in [2.05, 4.69) is 10.1 Å². The molecule has 0 aliphatic carbocycles. The number of hydrogen-bond acceptors (Lipinski definition) is 6. The lowest BCUT2D eigenvalue weighted by atomic mass is 10.0. The Kier molecular flexibility index (Phi) is 4.45. The number of nitrogens with zero attached hydrogens (tertiary/aromatic N) is 3. The summed E-state index contributed by atoms with van der Waals surface area (Å²) in [6.07, 6.45) is 1.97. The topological polar surface area (TPSA) is 106 Å². The molecular formula is C16H17N3O5. The van der Waals surface area contributed by atoms with Crippen molar-refractivity contribution in [3.8, 4) is 17.2 Å². The summed E-state index contributed by atoms with van der Waals surface area (Å²) in [7, 11) is 1.55. The van der Waals surface area contributed by atoms with Gasteiger partial charge in [-0.3, -0.25) is 4.79 Å². The fourth-order valence-electron chi connectivity index (χ4n) is 2.74. The average Bonchev–Trinajstić information content (AvgIpc) is 3.11. The monoisotopic (exact) mass is 331 g/mol. The molecule has 8 heteroatoms. The number of carbonyl (C=O) groups is 2. The van der Waals surface area contributed by atoms with Crippen LogP contribution >= 0.6 is 0 Å². The van der Waals surface area contributed by atoms with E-state index in [1.807, 2.05) is 0 Å². The molecule has 1 aliphatic heterocycles. The van der Waals surface area contributed by atoms with Gasteiger partial charge in [0, 0.05) is 12.1 Å². The second kappa shape index (κ2) is 6.69. The van der Waals surface area contributed by atoms with E-state index in [4.69, 9.17) is 9.26 Å². The predicted octanol–water partition coefficient (Wildman–Crippen LogP) is 1.82. The maximum absolute atomic E-state index is 12.5. The molecule has 1 saturated heterocycles. The summed E-state index contributed by atoms with van der Waals surface area (Å²) >= 11 is 0. The summed E-state index contributed by atoms with van der Waals surface area (Å²) in [6.45, 7) is 0.374. The van der Waals surface area contributed by atoms with Gasteiger partial charge >= 0.3 is 5.97 Å². The number of aliphatic carboxylic acids is 1. The number of carboxylic acids is 1. The molecule has 1 atom stereocenters. The van der Waals surface area contributed by atoms with Gasteiger partial charge in [-0.2, -0.15) is 4.98 Å². The smallest absolute Gasteiger partial charge is 0.326 e. The van der Waals surface area contributed by atoms with Gasteiger partial charge in [-0.1, -0.05) is 11.2 Å². The van der Waals surface area contributed by atoms with Gasteiger partial charge in [0.2, 0.25) is 0 Å². The van der Waals surface area contributed by atoms with Gasteiger partial charge in [-0.15, -0.1) is 0 Å². The molecule has 1 aromatic carbocycles. The zero-order valence-electron chi connectivity index (χ0n) is 13.1. The summed E-state index contributed by atoms with van der Waals surface area (Å²) in [5, 5.41) is 13.0. The third-order valence-electron chi connectivity index (χ3n) is 3.98. The molecule has 3 rings (SSSR count).